The Morgan fingerprint density at radius 3 is 2.62 bits per heavy atom. The number of methoxy groups -OCH3 is 1. The van der Waals surface area contributed by atoms with E-state index in [0.717, 1.165) is 0 Å². The Morgan fingerprint density at radius 2 is 1.95 bits per heavy atom. The summed E-state index contributed by atoms with van der Waals surface area (Å²) >= 11 is 0. The van der Waals surface area contributed by atoms with Gasteiger partial charge in [-0.25, -0.2) is 9.59 Å². The summed E-state index contributed by atoms with van der Waals surface area (Å²) in [7, 11) is 1.26. The molecule has 2 aromatic rings. The second-order valence-electron chi connectivity index (χ2n) is 3.96. The second kappa shape index (κ2) is 6.38. The monoisotopic (exact) mass is 288 g/mol. The zero-order chi connectivity index (χ0) is 15.2. The molecule has 1 aromatic carbocycles. The molecule has 0 bridgehead atoms. The third kappa shape index (κ3) is 3.69. The third-order valence-corrected chi connectivity index (χ3v) is 2.51. The van der Waals surface area contributed by atoms with Crippen molar-refractivity contribution in [3.63, 3.8) is 0 Å². The van der Waals surface area contributed by atoms with Crippen LogP contribution in [-0.2, 0) is 4.74 Å². The van der Waals surface area contributed by atoms with Crippen LogP contribution in [0, 0.1) is 0 Å². The SMILES string of the molecule is COC(=O)c1cccc(NC(=O)NC(=O)c2ccco2)c1. The summed E-state index contributed by atoms with van der Waals surface area (Å²) in [5.41, 5.74) is 0.635. The number of imide groups is 1. The molecule has 0 spiro atoms. The number of hydrogen-bond acceptors (Lipinski definition) is 5. The smallest absolute Gasteiger partial charge is 0.337 e. The van der Waals surface area contributed by atoms with Gasteiger partial charge in [0.05, 0.1) is 18.9 Å². The van der Waals surface area contributed by atoms with Crippen molar-refractivity contribution in [1.82, 2.24) is 5.32 Å². The molecule has 0 aliphatic carbocycles. The Morgan fingerprint density at radius 1 is 1.14 bits per heavy atom. The maximum Gasteiger partial charge on any atom is 0.337 e. The summed E-state index contributed by atoms with van der Waals surface area (Å²) in [4.78, 5) is 34.6. The van der Waals surface area contributed by atoms with Crippen LogP contribution in [0.15, 0.2) is 47.1 Å². The van der Waals surface area contributed by atoms with E-state index in [1.54, 1.807) is 18.2 Å². The lowest BCUT2D eigenvalue weighted by Gasteiger charge is -2.07. The van der Waals surface area contributed by atoms with Crippen LogP contribution < -0.4 is 10.6 Å². The number of urea groups is 1. The van der Waals surface area contributed by atoms with Crippen LogP contribution in [0.3, 0.4) is 0 Å². The highest BCUT2D eigenvalue weighted by Gasteiger charge is 2.13. The predicted octanol–water partition coefficient (Wildman–Crippen LogP) is 2.03. The van der Waals surface area contributed by atoms with Crippen molar-refractivity contribution in [2.24, 2.45) is 0 Å². The van der Waals surface area contributed by atoms with E-state index in [0.29, 0.717) is 5.69 Å². The molecule has 7 heteroatoms. The number of anilines is 1. The number of benzene rings is 1. The number of carbonyl (C=O) groups excluding carboxylic acids is 3. The van der Waals surface area contributed by atoms with Crippen LogP contribution in [0.1, 0.15) is 20.9 Å². The highest BCUT2D eigenvalue weighted by atomic mass is 16.5. The first-order chi connectivity index (χ1) is 10.1. The zero-order valence-corrected chi connectivity index (χ0v) is 11.1. The molecule has 0 unspecified atom stereocenters. The molecular formula is C14H12N2O5. The first-order valence-corrected chi connectivity index (χ1v) is 5.94. The molecular weight excluding hydrogens is 276 g/mol. The van der Waals surface area contributed by atoms with Crippen LogP contribution in [0.5, 0.6) is 0 Å². The molecule has 0 radical (unpaired) electrons. The molecule has 21 heavy (non-hydrogen) atoms. The van der Waals surface area contributed by atoms with Crippen molar-refractivity contribution >= 4 is 23.6 Å². The van der Waals surface area contributed by atoms with Crippen molar-refractivity contribution in [2.45, 2.75) is 0 Å². The normalized spacial score (nSPS) is 9.76. The van der Waals surface area contributed by atoms with Gasteiger partial charge in [-0.15, -0.1) is 0 Å². The van der Waals surface area contributed by atoms with Crippen molar-refractivity contribution < 1.29 is 23.5 Å². The molecule has 0 aliphatic rings. The number of ether oxygens (including phenoxy) is 1. The van der Waals surface area contributed by atoms with E-state index < -0.39 is 17.9 Å². The Kier molecular flexibility index (Phi) is 4.35. The lowest BCUT2D eigenvalue weighted by Crippen LogP contribution is -2.34. The number of furan rings is 1. The highest BCUT2D eigenvalue weighted by molar-refractivity contribution is 6.07. The fraction of sp³-hybridized carbons (Fsp3) is 0.0714. The second-order valence-corrected chi connectivity index (χ2v) is 3.96. The van der Waals surface area contributed by atoms with E-state index in [1.165, 1.54) is 31.6 Å². The molecule has 108 valence electrons. The third-order valence-electron chi connectivity index (χ3n) is 2.51. The van der Waals surface area contributed by atoms with E-state index in [1.807, 2.05) is 0 Å². The fourth-order valence-corrected chi connectivity index (χ4v) is 1.58. The summed E-state index contributed by atoms with van der Waals surface area (Å²) in [6, 6.07) is 8.36. The van der Waals surface area contributed by atoms with Gasteiger partial charge in [0.15, 0.2) is 5.76 Å². The fourth-order valence-electron chi connectivity index (χ4n) is 1.58. The van der Waals surface area contributed by atoms with Crippen LogP contribution in [0.2, 0.25) is 0 Å². The first kappa shape index (κ1) is 14.3. The molecule has 0 atom stereocenters. The van der Waals surface area contributed by atoms with Crippen LogP contribution in [-0.4, -0.2) is 25.0 Å². The van der Waals surface area contributed by atoms with Gasteiger partial charge in [0, 0.05) is 5.69 Å². The van der Waals surface area contributed by atoms with E-state index in [2.05, 4.69) is 15.4 Å². The lowest BCUT2D eigenvalue weighted by atomic mass is 10.2. The molecule has 0 aliphatic heterocycles. The molecule has 0 fully saturated rings. The van der Waals surface area contributed by atoms with Crippen LogP contribution in [0.4, 0.5) is 10.5 Å². The molecule has 3 amide bonds. The Hall–Kier alpha value is -3.09. The van der Waals surface area contributed by atoms with E-state index in [-0.39, 0.29) is 11.3 Å². The zero-order valence-electron chi connectivity index (χ0n) is 11.1. The molecule has 0 saturated carbocycles. The van der Waals surface area contributed by atoms with Gasteiger partial charge in [-0.2, -0.15) is 0 Å². The van der Waals surface area contributed by atoms with Gasteiger partial charge in [0.1, 0.15) is 0 Å². The first-order valence-electron chi connectivity index (χ1n) is 5.94. The number of carbonyl (C=O) groups is 3. The average molecular weight is 288 g/mol. The standard InChI is InChI=1S/C14H12N2O5/c1-20-13(18)9-4-2-5-10(8-9)15-14(19)16-12(17)11-6-3-7-21-11/h2-8H,1H3,(H2,15,16,17,19). The molecule has 1 heterocycles. The quantitative estimate of drug-likeness (QED) is 0.842. The number of hydrogen-bond donors (Lipinski definition) is 2. The lowest BCUT2D eigenvalue weighted by molar-refractivity contribution is 0.0600. The van der Waals surface area contributed by atoms with Gasteiger partial charge in [-0.3, -0.25) is 10.1 Å². The van der Waals surface area contributed by atoms with Gasteiger partial charge in [-0.05, 0) is 30.3 Å². The van der Waals surface area contributed by atoms with Gasteiger partial charge >= 0.3 is 12.0 Å². The summed E-state index contributed by atoms with van der Waals surface area (Å²) in [6.45, 7) is 0. The number of amides is 3. The number of nitrogens with one attached hydrogen (secondary N) is 2. The van der Waals surface area contributed by atoms with Crippen molar-refractivity contribution in [3.8, 4) is 0 Å². The molecule has 7 nitrogen and oxygen atoms in total. The van der Waals surface area contributed by atoms with Gasteiger partial charge < -0.3 is 14.5 Å². The highest BCUT2D eigenvalue weighted by Crippen LogP contribution is 2.11. The Balaban J connectivity index is 2.00. The summed E-state index contributed by atoms with van der Waals surface area (Å²) in [5, 5.41) is 4.53. The predicted molar refractivity (Wildman–Crippen MR) is 73.0 cm³/mol. The Labute approximate surface area is 119 Å². The minimum absolute atomic E-state index is 0.0217. The van der Waals surface area contributed by atoms with E-state index in [4.69, 9.17) is 4.42 Å². The van der Waals surface area contributed by atoms with Gasteiger partial charge in [0.25, 0.3) is 5.91 Å². The number of esters is 1. The Bertz CT molecular complexity index is 664. The van der Waals surface area contributed by atoms with Crippen molar-refractivity contribution in [2.75, 3.05) is 12.4 Å². The van der Waals surface area contributed by atoms with E-state index >= 15 is 0 Å². The molecule has 0 saturated heterocycles. The topological polar surface area (TPSA) is 97.6 Å². The maximum absolute atomic E-state index is 11.7. The van der Waals surface area contributed by atoms with Gasteiger partial charge in [0.2, 0.25) is 0 Å². The van der Waals surface area contributed by atoms with Gasteiger partial charge in [-0.1, -0.05) is 6.07 Å². The summed E-state index contributed by atoms with van der Waals surface area (Å²) in [6.07, 6.45) is 1.33. The largest absolute Gasteiger partial charge is 0.465 e. The van der Waals surface area contributed by atoms with E-state index in [9.17, 15) is 14.4 Å². The summed E-state index contributed by atoms with van der Waals surface area (Å²) < 4.78 is 9.43. The van der Waals surface area contributed by atoms with Crippen molar-refractivity contribution in [3.05, 3.63) is 54.0 Å². The number of rotatable bonds is 3. The minimum atomic E-state index is -0.738. The molecule has 1 aromatic heterocycles. The summed E-state index contributed by atoms with van der Waals surface area (Å²) in [5.74, 6) is -1.17. The van der Waals surface area contributed by atoms with Crippen LogP contribution in [0.25, 0.3) is 0 Å². The average Bonchev–Trinajstić information content (AvgIpc) is 3.00. The molecule has 2 N–H and O–H groups in total. The molecule has 2 rings (SSSR count). The maximum atomic E-state index is 11.7. The van der Waals surface area contributed by atoms with Crippen LogP contribution >= 0.6 is 0 Å². The van der Waals surface area contributed by atoms with Crippen molar-refractivity contribution in [1.29, 1.82) is 0 Å². The minimum Gasteiger partial charge on any atom is -0.465 e.